The summed E-state index contributed by atoms with van der Waals surface area (Å²) in [5, 5.41) is 0. The van der Waals surface area contributed by atoms with Gasteiger partial charge in [0, 0.05) is 0 Å². The van der Waals surface area contributed by atoms with E-state index in [1.54, 1.807) is 25.7 Å². The van der Waals surface area contributed by atoms with Crippen LogP contribution in [0.15, 0.2) is 0 Å². The molecular weight excluding hydrogens is 326 g/mol. The van der Waals surface area contributed by atoms with Crippen molar-refractivity contribution in [3.63, 3.8) is 0 Å². The van der Waals surface area contributed by atoms with Crippen molar-refractivity contribution in [2.45, 2.75) is 118 Å². The van der Waals surface area contributed by atoms with Crippen LogP contribution in [0.2, 0.25) is 0 Å². The van der Waals surface area contributed by atoms with E-state index < -0.39 is 0 Å². The molecule has 3 aliphatic carbocycles. The Balaban J connectivity index is 1.59. The molecule has 1 heteroatoms. The van der Waals surface area contributed by atoms with Crippen LogP contribution in [0.1, 0.15) is 118 Å². The van der Waals surface area contributed by atoms with Crippen LogP contribution >= 0.6 is 0 Å². The first-order chi connectivity index (χ1) is 12.8. The maximum Gasteiger partial charge on any atom is -0.00772 e. The van der Waals surface area contributed by atoms with E-state index in [0.717, 1.165) is 36.1 Å². The van der Waals surface area contributed by atoms with Crippen molar-refractivity contribution < 1.29 is 0 Å². The molecule has 3 fully saturated rings. The lowest BCUT2D eigenvalue weighted by Gasteiger charge is -2.54. The summed E-state index contributed by atoms with van der Waals surface area (Å²) in [7, 11) is 0. The summed E-state index contributed by atoms with van der Waals surface area (Å²) < 4.78 is 0. The van der Waals surface area contributed by atoms with Crippen LogP contribution in [0.25, 0.3) is 0 Å². The van der Waals surface area contributed by atoms with Gasteiger partial charge in [0.15, 0.2) is 0 Å². The van der Waals surface area contributed by atoms with E-state index in [9.17, 15) is 0 Å². The molecule has 1 nitrogen and oxygen atoms in total. The molecule has 0 aromatic carbocycles. The van der Waals surface area contributed by atoms with Gasteiger partial charge < -0.3 is 5.73 Å². The van der Waals surface area contributed by atoms with Crippen molar-refractivity contribution in [2.75, 3.05) is 6.54 Å². The van der Waals surface area contributed by atoms with Gasteiger partial charge in [-0.1, -0.05) is 72.6 Å². The first kappa shape index (κ1) is 21.7. The normalized spacial score (nSPS) is 37.2. The minimum absolute atomic E-state index is 0.509. The Labute approximate surface area is 170 Å². The van der Waals surface area contributed by atoms with Gasteiger partial charge in [0.25, 0.3) is 0 Å². The molecule has 0 heterocycles. The Kier molecular flexibility index (Phi) is 7.37. The van der Waals surface area contributed by atoms with Crippen LogP contribution in [-0.4, -0.2) is 6.54 Å². The topological polar surface area (TPSA) is 26.0 Å². The number of nitrogens with two attached hydrogens (primary N) is 1. The van der Waals surface area contributed by atoms with Crippen molar-refractivity contribution in [1.29, 1.82) is 0 Å². The lowest BCUT2D eigenvalue weighted by atomic mass is 9.51. The van der Waals surface area contributed by atoms with E-state index in [-0.39, 0.29) is 0 Å². The highest BCUT2D eigenvalue weighted by Gasteiger charge is 2.47. The third-order valence-corrected chi connectivity index (χ3v) is 9.42. The zero-order valence-electron chi connectivity index (χ0n) is 19.1. The summed E-state index contributed by atoms with van der Waals surface area (Å²) in [6.45, 7) is 11.1. The molecule has 3 rings (SSSR count). The summed E-state index contributed by atoms with van der Waals surface area (Å²) in [6.07, 6.45) is 20.6. The lowest BCUT2D eigenvalue weighted by Crippen LogP contribution is -2.45. The van der Waals surface area contributed by atoms with E-state index in [1.807, 2.05) is 0 Å². The Morgan fingerprint density at radius 2 is 1.26 bits per heavy atom. The number of hydrogen-bond donors (Lipinski definition) is 1. The van der Waals surface area contributed by atoms with Crippen molar-refractivity contribution in [2.24, 2.45) is 46.2 Å². The molecule has 27 heavy (non-hydrogen) atoms. The van der Waals surface area contributed by atoms with E-state index >= 15 is 0 Å². The fraction of sp³-hybridized carbons (Fsp3) is 1.00. The third kappa shape index (κ3) is 5.31. The predicted molar refractivity (Wildman–Crippen MR) is 119 cm³/mol. The van der Waals surface area contributed by atoms with Crippen LogP contribution in [0, 0.1) is 40.4 Å². The molecule has 2 unspecified atom stereocenters. The van der Waals surface area contributed by atoms with E-state index in [2.05, 4.69) is 27.7 Å². The highest BCUT2D eigenvalue weighted by Crippen LogP contribution is 2.57. The van der Waals surface area contributed by atoms with E-state index in [1.165, 1.54) is 64.2 Å². The van der Waals surface area contributed by atoms with Gasteiger partial charge in [-0.2, -0.15) is 0 Å². The van der Waals surface area contributed by atoms with Gasteiger partial charge in [0.2, 0.25) is 0 Å². The smallest absolute Gasteiger partial charge is 0.00772 e. The SMILES string of the molecule is CC1(C)CCC(C)(C)C(CC2CCC(C3CCCCC3)CC2)C1CCCN. The Morgan fingerprint density at radius 1 is 0.704 bits per heavy atom. The van der Waals surface area contributed by atoms with Crippen molar-refractivity contribution in [3.8, 4) is 0 Å². The largest absolute Gasteiger partial charge is 0.330 e. The summed E-state index contributed by atoms with van der Waals surface area (Å²) >= 11 is 0. The summed E-state index contributed by atoms with van der Waals surface area (Å²) in [4.78, 5) is 0. The number of hydrogen-bond acceptors (Lipinski definition) is 1. The fourth-order valence-corrected chi connectivity index (χ4v) is 7.38. The van der Waals surface area contributed by atoms with Crippen LogP contribution in [-0.2, 0) is 0 Å². The molecule has 2 N–H and O–H groups in total. The lowest BCUT2D eigenvalue weighted by molar-refractivity contribution is -0.0406. The summed E-state index contributed by atoms with van der Waals surface area (Å²) in [5.74, 6) is 4.95. The van der Waals surface area contributed by atoms with Gasteiger partial charge in [-0.25, -0.2) is 0 Å². The summed E-state index contributed by atoms with van der Waals surface area (Å²) in [6, 6.07) is 0. The molecule has 0 bridgehead atoms. The average Bonchev–Trinajstić information content (AvgIpc) is 2.66. The highest BCUT2D eigenvalue weighted by atomic mass is 14.6. The molecule has 3 saturated carbocycles. The molecule has 0 saturated heterocycles. The molecule has 0 amide bonds. The third-order valence-electron chi connectivity index (χ3n) is 9.42. The second kappa shape index (κ2) is 9.19. The van der Waals surface area contributed by atoms with Crippen molar-refractivity contribution >= 4 is 0 Å². The summed E-state index contributed by atoms with van der Waals surface area (Å²) in [5.41, 5.74) is 6.95. The fourth-order valence-electron chi connectivity index (χ4n) is 7.38. The predicted octanol–water partition coefficient (Wildman–Crippen LogP) is 7.58. The minimum atomic E-state index is 0.509. The molecule has 0 radical (unpaired) electrons. The molecular formula is C26H49N. The highest BCUT2D eigenvalue weighted by molar-refractivity contribution is 4.97. The molecule has 2 atom stereocenters. The Bertz CT molecular complexity index is 437. The van der Waals surface area contributed by atoms with Gasteiger partial charge >= 0.3 is 0 Å². The standard InChI is InChI=1S/C26H49N/c1-25(2)16-17-26(3,4)24(23(25)11-8-18-27)19-20-12-14-22(15-13-20)21-9-6-5-7-10-21/h20-24H,5-19,27H2,1-4H3. The quantitative estimate of drug-likeness (QED) is 0.508. The van der Waals surface area contributed by atoms with Gasteiger partial charge in [0.1, 0.15) is 0 Å². The van der Waals surface area contributed by atoms with Crippen LogP contribution in [0.5, 0.6) is 0 Å². The van der Waals surface area contributed by atoms with Gasteiger partial charge in [0.05, 0.1) is 0 Å². The minimum Gasteiger partial charge on any atom is -0.330 e. The molecule has 158 valence electrons. The van der Waals surface area contributed by atoms with Gasteiger partial charge in [-0.15, -0.1) is 0 Å². The Hall–Kier alpha value is -0.0400. The Morgan fingerprint density at radius 3 is 1.85 bits per heavy atom. The molecule has 0 aromatic rings. The first-order valence-electron chi connectivity index (χ1n) is 12.5. The zero-order valence-corrected chi connectivity index (χ0v) is 19.1. The van der Waals surface area contributed by atoms with Crippen molar-refractivity contribution in [3.05, 3.63) is 0 Å². The maximum absolute atomic E-state index is 5.92. The molecule has 3 aliphatic rings. The molecule has 0 spiro atoms. The second-order valence-electron chi connectivity index (χ2n) is 12.0. The first-order valence-corrected chi connectivity index (χ1v) is 12.5. The van der Waals surface area contributed by atoms with Crippen molar-refractivity contribution in [1.82, 2.24) is 0 Å². The van der Waals surface area contributed by atoms with Crippen LogP contribution in [0.4, 0.5) is 0 Å². The number of rotatable bonds is 6. The van der Waals surface area contributed by atoms with Crippen LogP contribution < -0.4 is 5.73 Å². The van der Waals surface area contributed by atoms with Gasteiger partial charge in [-0.3, -0.25) is 0 Å². The average molecular weight is 376 g/mol. The zero-order chi connectivity index (χ0) is 19.5. The monoisotopic (exact) mass is 375 g/mol. The molecule has 0 aromatic heterocycles. The van der Waals surface area contributed by atoms with Gasteiger partial charge in [-0.05, 0) is 91.9 Å². The molecule has 0 aliphatic heterocycles. The van der Waals surface area contributed by atoms with E-state index in [4.69, 9.17) is 5.73 Å². The maximum atomic E-state index is 5.92. The van der Waals surface area contributed by atoms with E-state index in [0.29, 0.717) is 10.8 Å². The van der Waals surface area contributed by atoms with Crippen LogP contribution in [0.3, 0.4) is 0 Å². The second-order valence-corrected chi connectivity index (χ2v) is 12.0.